The normalized spacial score (nSPS) is 13.7. The van der Waals surface area contributed by atoms with Gasteiger partial charge in [-0.3, -0.25) is 14.4 Å². The maximum atomic E-state index is 13.8. The van der Waals surface area contributed by atoms with Crippen molar-refractivity contribution in [1.29, 1.82) is 0 Å². The molecule has 0 aromatic heterocycles. The van der Waals surface area contributed by atoms with E-state index in [1.165, 1.54) is 31.4 Å². The maximum absolute atomic E-state index is 13.8. The Morgan fingerprint density at radius 3 is 2.14 bits per heavy atom. The van der Waals surface area contributed by atoms with Crippen LogP contribution in [0.3, 0.4) is 0 Å². The van der Waals surface area contributed by atoms with Crippen LogP contribution in [-0.4, -0.2) is 78.7 Å². The zero-order chi connectivity index (χ0) is 36.8. The molecule has 2 N–H and O–H groups in total. The first kappa shape index (κ1) is 37.1. The molecule has 1 heterocycles. The third-order valence-electron chi connectivity index (χ3n) is 8.44. The molecule has 0 spiro atoms. The van der Waals surface area contributed by atoms with Crippen molar-refractivity contribution in [1.82, 2.24) is 9.80 Å². The second-order valence-corrected chi connectivity index (χ2v) is 13.3. The number of nitrogens with one attached hydrogen (secondary N) is 2. The number of ether oxygens (including phenoxy) is 4. The molecule has 15 heteroatoms. The number of carbonyl (C=O) groups excluding carboxylic acids is 1. The molecule has 11 nitrogen and oxygen atoms in total. The molecule has 51 heavy (non-hydrogen) atoms. The number of sulfonamides is 1. The largest absolute Gasteiger partial charge is 0.497 e. The van der Waals surface area contributed by atoms with Crippen LogP contribution in [0.25, 0.3) is 0 Å². The van der Waals surface area contributed by atoms with Gasteiger partial charge in [0.15, 0.2) is 11.5 Å². The summed E-state index contributed by atoms with van der Waals surface area (Å²) in [5, 5.41) is 3.10. The number of piperazine rings is 1. The van der Waals surface area contributed by atoms with E-state index >= 15 is 0 Å². The quantitative estimate of drug-likeness (QED) is 0.168. The molecule has 0 saturated carbocycles. The summed E-state index contributed by atoms with van der Waals surface area (Å²) in [7, 11) is 1.71. The lowest BCUT2D eigenvalue weighted by Crippen LogP contribution is -2.48. The molecule has 1 aliphatic heterocycles. The first-order chi connectivity index (χ1) is 24.4. The fourth-order valence-corrected chi connectivity index (χ4v) is 7.01. The van der Waals surface area contributed by atoms with Crippen molar-refractivity contribution < 1.29 is 45.3 Å². The van der Waals surface area contributed by atoms with Crippen molar-refractivity contribution in [3.63, 3.8) is 0 Å². The van der Waals surface area contributed by atoms with Gasteiger partial charge in [-0.2, -0.15) is 13.2 Å². The van der Waals surface area contributed by atoms with Gasteiger partial charge in [0, 0.05) is 56.1 Å². The van der Waals surface area contributed by atoms with Gasteiger partial charge in [0.2, 0.25) is 5.75 Å². The Balaban J connectivity index is 1.36. The highest BCUT2D eigenvalue weighted by Gasteiger charge is 2.31. The monoisotopic (exact) mass is 728 g/mol. The van der Waals surface area contributed by atoms with E-state index in [2.05, 4.69) is 14.9 Å². The minimum Gasteiger partial charge on any atom is -0.497 e. The summed E-state index contributed by atoms with van der Waals surface area (Å²) in [6, 6.07) is 19.0. The number of amides is 1. The van der Waals surface area contributed by atoms with Crippen LogP contribution in [-0.2, 0) is 29.3 Å². The van der Waals surface area contributed by atoms with E-state index in [-0.39, 0.29) is 34.3 Å². The Hall–Kier alpha value is -5.15. The van der Waals surface area contributed by atoms with Gasteiger partial charge in [-0.15, -0.1) is 0 Å². The zero-order valence-electron chi connectivity index (χ0n) is 28.5. The molecule has 1 amide bonds. The number of hydrogen-bond acceptors (Lipinski definition) is 9. The fraction of sp³-hybridized carbons (Fsp3) is 0.306. The van der Waals surface area contributed by atoms with E-state index in [0.29, 0.717) is 61.8 Å². The van der Waals surface area contributed by atoms with E-state index in [9.17, 15) is 26.4 Å². The van der Waals surface area contributed by atoms with Gasteiger partial charge in [-0.25, -0.2) is 8.42 Å². The molecular weight excluding hydrogens is 689 g/mol. The molecule has 4 aromatic carbocycles. The van der Waals surface area contributed by atoms with Crippen molar-refractivity contribution >= 4 is 27.3 Å². The number of carbonyl (C=O) groups is 1. The lowest BCUT2D eigenvalue weighted by atomic mass is 10.1. The van der Waals surface area contributed by atoms with Gasteiger partial charge < -0.3 is 29.2 Å². The summed E-state index contributed by atoms with van der Waals surface area (Å²) >= 11 is 0. The van der Waals surface area contributed by atoms with Crippen LogP contribution in [0.2, 0.25) is 0 Å². The summed E-state index contributed by atoms with van der Waals surface area (Å²) < 4.78 is 91.7. The summed E-state index contributed by atoms with van der Waals surface area (Å²) in [6.45, 7) is 2.56. The fourth-order valence-electron chi connectivity index (χ4n) is 5.75. The third kappa shape index (κ3) is 8.78. The Morgan fingerprint density at radius 1 is 0.804 bits per heavy atom. The van der Waals surface area contributed by atoms with Crippen LogP contribution in [0, 0.1) is 0 Å². The standard InChI is InChI=1S/C36H39F3N4O7S/c1-47-29-12-8-24(9-13-29)22-40-30-14-10-25(20-32(30)51(45,46)41-28-7-5-6-27(21-28)36(37,38)39)35(44)43-18-16-42(17-19-43)23-26-11-15-31(48-2)34(50-4)33(26)49-3/h5-15,20-21,40-41H,16-19,22-23H2,1-4H3. The zero-order valence-corrected chi connectivity index (χ0v) is 29.4. The molecule has 5 rings (SSSR count). The molecule has 1 fully saturated rings. The van der Waals surface area contributed by atoms with E-state index in [1.54, 1.807) is 56.6 Å². The van der Waals surface area contributed by atoms with Crippen LogP contribution in [0.4, 0.5) is 24.5 Å². The minimum absolute atomic E-state index is 0.115. The van der Waals surface area contributed by atoms with Gasteiger partial charge in [0.1, 0.15) is 10.6 Å². The first-order valence-corrected chi connectivity index (χ1v) is 17.4. The van der Waals surface area contributed by atoms with Crippen molar-refractivity contribution in [2.24, 2.45) is 0 Å². The molecule has 1 saturated heterocycles. The van der Waals surface area contributed by atoms with Gasteiger partial charge in [-0.1, -0.05) is 24.3 Å². The first-order valence-electron chi connectivity index (χ1n) is 15.9. The lowest BCUT2D eigenvalue weighted by Gasteiger charge is -2.35. The predicted octanol–water partition coefficient (Wildman–Crippen LogP) is 6.11. The SMILES string of the molecule is COc1ccc(CNc2ccc(C(=O)N3CCN(Cc4ccc(OC)c(OC)c4OC)CC3)cc2S(=O)(=O)Nc2cccc(C(F)(F)F)c2)cc1. The minimum atomic E-state index is -4.67. The molecule has 0 unspecified atom stereocenters. The Kier molecular flexibility index (Phi) is 11.5. The van der Waals surface area contributed by atoms with Crippen molar-refractivity contribution in [2.75, 3.05) is 64.7 Å². The summed E-state index contributed by atoms with van der Waals surface area (Å²) in [6.07, 6.45) is -4.67. The highest BCUT2D eigenvalue weighted by atomic mass is 32.2. The predicted molar refractivity (Wildman–Crippen MR) is 186 cm³/mol. The second kappa shape index (κ2) is 15.8. The van der Waals surface area contributed by atoms with Crippen LogP contribution in [0.15, 0.2) is 83.8 Å². The topological polar surface area (TPSA) is 119 Å². The summed E-state index contributed by atoms with van der Waals surface area (Å²) in [5.74, 6) is 1.86. The Bertz CT molecular complexity index is 1950. The second-order valence-electron chi connectivity index (χ2n) is 11.7. The molecule has 0 bridgehead atoms. The van der Waals surface area contributed by atoms with Gasteiger partial charge >= 0.3 is 6.18 Å². The van der Waals surface area contributed by atoms with Gasteiger partial charge in [0.05, 0.1) is 39.7 Å². The molecule has 0 aliphatic carbocycles. The molecule has 4 aromatic rings. The molecule has 1 aliphatic rings. The van der Waals surface area contributed by atoms with Crippen LogP contribution in [0.5, 0.6) is 23.0 Å². The van der Waals surface area contributed by atoms with E-state index in [0.717, 1.165) is 23.3 Å². The van der Waals surface area contributed by atoms with Gasteiger partial charge in [-0.05, 0) is 60.2 Å². The van der Waals surface area contributed by atoms with Crippen molar-refractivity contribution in [3.8, 4) is 23.0 Å². The smallest absolute Gasteiger partial charge is 0.416 e. The van der Waals surface area contributed by atoms with E-state index < -0.39 is 21.8 Å². The number of nitrogens with zero attached hydrogens (tertiary/aromatic N) is 2. The van der Waals surface area contributed by atoms with Crippen LogP contribution < -0.4 is 29.0 Å². The molecule has 272 valence electrons. The van der Waals surface area contributed by atoms with Crippen molar-refractivity contribution in [2.45, 2.75) is 24.2 Å². The number of methoxy groups -OCH3 is 4. The number of rotatable bonds is 13. The number of benzene rings is 4. The third-order valence-corrected chi connectivity index (χ3v) is 9.86. The average molecular weight is 729 g/mol. The maximum Gasteiger partial charge on any atom is 0.416 e. The van der Waals surface area contributed by atoms with E-state index in [1.807, 2.05) is 6.07 Å². The summed E-state index contributed by atoms with van der Waals surface area (Å²) in [4.78, 5) is 17.3. The van der Waals surface area contributed by atoms with Gasteiger partial charge in [0.25, 0.3) is 15.9 Å². The number of hydrogen-bond donors (Lipinski definition) is 2. The lowest BCUT2D eigenvalue weighted by molar-refractivity contribution is -0.137. The highest BCUT2D eigenvalue weighted by molar-refractivity contribution is 7.92. The van der Waals surface area contributed by atoms with Crippen LogP contribution >= 0.6 is 0 Å². The molecular formula is C36H39F3N4O7S. The number of halogens is 3. The van der Waals surface area contributed by atoms with Crippen LogP contribution in [0.1, 0.15) is 27.0 Å². The molecule has 0 radical (unpaired) electrons. The summed E-state index contributed by atoms with van der Waals surface area (Å²) in [5.41, 5.74) is 0.697. The number of anilines is 2. The van der Waals surface area contributed by atoms with Crippen molar-refractivity contribution in [3.05, 3.63) is 101 Å². The highest BCUT2D eigenvalue weighted by Crippen LogP contribution is 2.40. The molecule has 0 atom stereocenters. The van der Waals surface area contributed by atoms with E-state index in [4.69, 9.17) is 18.9 Å². The number of alkyl halides is 3. The Morgan fingerprint density at radius 2 is 1.51 bits per heavy atom. The average Bonchev–Trinajstić information content (AvgIpc) is 3.13. The Labute approximate surface area is 294 Å².